The first-order valence-electron chi connectivity index (χ1n) is 10.5. The largest absolute Gasteiger partial charge is 0.396 e. The van der Waals surface area contributed by atoms with Crippen molar-refractivity contribution in [3.8, 4) is 0 Å². The SMILES string of the molecule is CCNC(=NCc1ccc(N2CCC(CO)CC2)cc1)NCc1sc(C)nc1C.I. The number of thiazole rings is 1. The molecule has 2 aromatic rings. The summed E-state index contributed by atoms with van der Waals surface area (Å²) >= 11 is 1.73. The third-order valence-corrected chi connectivity index (χ3v) is 6.43. The van der Waals surface area contributed by atoms with Gasteiger partial charge in [0, 0.05) is 36.8 Å². The van der Waals surface area contributed by atoms with Crippen LogP contribution in [-0.2, 0) is 13.1 Å². The van der Waals surface area contributed by atoms with Gasteiger partial charge in [0.15, 0.2) is 5.96 Å². The predicted octanol–water partition coefficient (Wildman–Crippen LogP) is 3.84. The van der Waals surface area contributed by atoms with Crippen LogP contribution in [-0.4, -0.2) is 42.3 Å². The number of aliphatic imine (C=N–C) groups is 1. The zero-order chi connectivity index (χ0) is 20.6. The van der Waals surface area contributed by atoms with Crippen LogP contribution in [0.2, 0.25) is 0 Å². The average Bonchev–Trinajstić information content (AvgIpc) is 3.07. The predicted molar refractivity (Wildman–Crippen MR) is 137 cm³/mol. The van der Waals surface area contributed by atoms with E-state index in [1.165, 1.54) is 16.1 Å². The van der Waals surface area contributed by atoms with E-state index in [1.807, 2.05) is 6.92 Å². The molecule has 1 aliphatic heterocycles. The van der Waals surface area contributed by atoms with E-state index in [9.17, 15) is 5.11 Å². The van der Waals surface area contributed by atoms with Crippen molar-refractivity contribution in [2.45, 2.75) is 46.7 Å². The van der Waals surface area contributed by atoms with Crippen molar-refractivity contribution < 1.29 is 5.11 Å². The number of guanidine groups is 1. The van der Waals surface area contributed by atoms with Gasteiger partial charge in [0.05, 0.1) is 23.8 Å². The molecule has 0 saturated carbocycles. The number of nitrogens with zero attached hydrogens (tertiary/aromatic N) is 3. The van der Waals surface area contributed by atoms with Crippen molar-refractivity contribution in [3.05, 3.63) is 45.4 Å². The number of aromatic nitrogens is 1. The monoisotopic (exact) mass is 543 g/mol. The number of anilines is 1. The maximum Gasteiger partial charge on any atom is 0.191 e. The van der Waals surface area contributed by atoms with Crippen molar-refractivity contribution in [3.63, 3.8) is 0 Å². The molecule has 8 heteroatoms. The molecule has 1 aromatic carbocycles. The second-order valence-electron chi connectivity index (χ2n) is 7.57. The van der Waals surface area contributed by atoms with Crippen LogP contribution in [0.1, 0.15) is 40.9 Å². The van der Waals surface area contributed by atoms with E-state index in [0.717, 1.165) is 55.7 Å². The first-order chi connectivity index (χ1) is 14.1. The van der Waals surface area contributed by atoms with Gasteiger partial charge in [-0.05, 0) is 57.2 Å². The topological polar surface area (TPSA) is 72.8 Å². The molecule has 0 spiro atoms. The zero-order valence-electron chi connectivity index (χ0n) is 18.1. The molecule has 1 aliphatic rings. The molecule has 30 heavy (non-hydrogen) atoms. The lowest BCUT2D eigenvalue weighted by Crippen LogP contribution is -2.36. The van der Waals surface area contributed by atoms with Crippen molar-refractivity contribution in [2.75, 3.05) is 31.1 Å². The van der Waals surface area contributed by atoms with Gasteiger partial charge in [-0.2, -0.15) is 0 Å². The van der Waals surface area contributed by atoms with Crippen LogP contribution in [0.3, 0.4) is 0 Å². The molecule has 0 aliphatic carbocycles. The summed E-state index contributed by atoms with van der Waals surface area (Å²) in [7, 11) is 0. The summed E-state index contributed by atoms with van der Waals surface area (Å²) in [6, 6.07) is 8.70. The highest BCUT2D eigenvalue weighted by Gasteiger charge is 2.18. The lowest BCUT2D eigenvalue weighted by atomic mass is 9.97. The molecule has 1 saturated heterocycles. The molecule has 0 radical (unpaired) electrons. The Bertz CT molecular complexity index is 800. The molecule has 2 heterocycles. The Kier molecular flexibility index (Phi) is 10.3. The normalized spacial score (nSPS) is 15.1. The molecule has 0 bridgehead atoms. The lowest BCUT2D eigenvalue weighted by molar-refractivity contribution is 0.203. The number of piperidine rings is 1. The molecular weight excluding hydrogens is 509 g/mol. The molecule has 1 aromatic heterocycles. The Morgan fingerprint density at radius 1 is 1.20 bits per heavy atom. The van der Waals surface area contributed by atoms with Crippen LogP contribution < -0.4 is 15.5 Å². The quantitative estimate of drug-likeness (QED) is 0.281. The van der Waals surface area contributed by atoms with E-state index in [2.05, 4.69) is 58.6 Å². The summed E-state index contributed by atoms with van der Waals surface area (Å²) in [4.78, 5) is 12.9. The molecule has 0 unspecified atom stereocenters. The first-order valence-corrected chi connectivity index (χ1v) is 11.3. The summed E-state index contributed by atoms with van der Waals surface area (Å²) in [6.45, 7) is 10.7. The number of hydrogen-bond donors (Lipinski definition) is 3. The number of aliphatic hydroxyl groups is 1. The van der Waals surface area contributed by atoms with E-state index < -0.39 is 0 Å². The van der Waals surface area contributed by atoms with Gasteiger partial charge in [-0.1, -0.05) is 12.1 Å². The fourth-order valence-electron chi connectivity index (χ4n) is 3.60. The molecule has 1 fully saturated rings. The molecular formula is C22H34IN5OS. The van der Waals surface area contributed by atoms with Gasteiger partial charge in [0.2, 0.25) is 0 Å². The minimum Gasteiger partial charge on any atom is -0.396 e. The summed E-state index contributed by atoms with van der Waals surface area (Å²) < 4.78 is 0. The first kappa shape index (κ1) is 24.9. The summed E-state index contributed by atoms with van der Waals surface area (Å²) in [5.74, 6) is 1.29. The fourth-order valence-corrected chi connectivity index (χ4v) is 4.48. The lowest BCUT2D eigenvalue weighted by Gasteiger charge is -2.32. The zero-order valence-corrected chi connectivity index (χ0v) is 21.3. The number of aliphatic hydroxyl groups excluding tert-OH is 1. The number of aryl methyl sites for hydroxylation is 2. The van der Waals surface area contributed by atoms with Crippen molar-refractivity contribution >= 4 is 47.0 Å². The van der Waals surface area contributed by atoms with Crippen LogP contribution >= 0.6 is 35.3 Å². The minimum absolute atomic E-state index is 0. The Balaban J connectivity index is 0.00000320. The Hall–Kier alpha value is -1.39. The van der Waals surface area contributed by atoms with Crippen molar-refractivity contribution in [1.29, 1.82) is 0 Å². The Morgan fingerprint density at radius 2 is 1.90 bits per heavy atom. The van der Waals surface area contributed by atoms with Gasteiger partial charge in [0.25, 0.3) is 0 Å². The molecule has 3 rings (SSSR count). The van der Waals surface area contributed by atoms with Gasteiger partial charge in [0.1, 0.15) is 0 Å². The third-order valence-electron chi connectivity index (χ3n) is 5.35. The van der Waals surface area contributed by atoms with Crippen LogP contribution in [0.4, 0.5) is 5.69 Å². The minimum atomic E-state index is 0. The Morgan fingerprint density at radius 3 is 2.47 bits per heavy atom. The highest BCUT2D eigenvalue weighted by molar-refractivity contribution is 14.0. The maximum atomic E-state index is 9.30. The molecule has 0 atom stereocenters. The molecule has 0 amide bonds. The number of hydrogen-bond acceptors (Lipinski definition) is 5. The van der Waals surface area contributed by atoms with E-state index >= 15 is 0 Å². The second-order valence-corrected chi connectivity index (χ2v) is 8.86. The Labute approximate surface area is 201 Å². The van der Waals surface area contributed by atoms with Crippen molar-refractivity contribution in [2.24, 2.45) is 10.9 Å². The van der Waals surface area contributed by atoms with Crippen LogP contribution in [0.5, 0.6) is 0 Å². The second kappa shape index (κ2) is 12.5. The smallest absolute Gasteiger partial charge is 0.191 e. The highest BCUT2D eigenvalue weighted by Crippen LogP contribution is 2.23. The summed E-state index contributed by atoms with van der Waals surface area (Å²) in [5.41, 5.74) is 3.55. The van der Waals surface area contributed by atoms with Gasteiger partial charge in [-0.3, -0.25) is 0 Å². The fraction of sp³-hybridized carbons (Fsp3) is 0.545. The van der Waals surface area contributed by atoms with Gasteiger partial charge in [-0.15, -0.1) is 35.3 Å². The molecule has 166 valence electrons. The maximum absolute atomic E-state index is 9.30. The van der Waals surface area contributed by atoms with E-state index in [-0.39, 0.29) is 24.0 Å². The molecule has 3 N–H and O–H groups in total. The van der Waals surface area contributed by atoms with Gasteiger partial charge >= 0.3 is 0 Å². The third kappa shape index (κ3) is 7.09. The van der Waals surface area contributed by atoms with E-state index in [0.29, 0.717) is 19.1 Å². The molecule has 6 nitrogen and oxygen atoms in total. The van der Waals surface area contributed by atoms with Crippen LogP contribution in [0.25, 0.3) is 0 Å². The van der Waals surface area contributed by atoms with Crippen molar-refractivity contribution in [1.82, 2.24) is 15.6 Å². The van der Waals surface area contributed by atoms with E-state index in [1.54, 1.807) is 11.3 Å². The highest BCUT2D eigenvalue weighted by atomic mass is 127. The number of benzene rings is 1. The van der Waals surface area contributed by atoms with Crippen LogP contribution in [0.15, 0.2) is 29.3 Å². The summed E-state index contributed by atoms with van der Waals surface area (Å²) in [5, 5.41) is 17.1. The van der Waals surface area contributed by atoms with Crippen LogP contribution in [0, 0.1) is 19.8 Å². The standard InChI is InChI=1S/C22H33N5OS.HI/c1-4-23-22(25-14-21-16(2)26-17(3)29-21)24-13-18-5-7-20(8-6-18)27-11-9-19(15-28)10-12-27;/h5-8,19,28H,4,9-15H2,1-3H3,(H2,23,24,25);1H. The average molecular weight is 544 g/mol. The summed E-state index contributed by atoms with van der Waals surface area (Å²) in [6.07, 6.45) is 2.14. The van der Waals surface area contributed by atoms with Gasteiger partial charge < -0.3 is 20.6 Å². The van der Waals surface area contributed by atoms with E-state index in [4.69, 9.17) is 4.99 Å². The number of rotatable bonds is 7. The van der Waals surface area contributed by atoms with Gasteiger partial charge in [-0.25, -0.2) is 9.98 Å². The number of nitrogens with one attached hydrogen (secondary N) is 2. The number of halogens is 1.